The number of nitrogens with one attached hydrogen (secondary N) is 2. The molecule has 0 heterocycles. The molecular weight excluding hydrogens is 422 g/mol. The lowest BCUT2D eigenvalue weighted by molar-refractivity contribution is 0.0941. The highest BCUT2D eigenvalue weighted by Gasteiger charge is 2.34. The van der Waals surface area contributed by atoms with Crippen molar-refractivity contribution in [3.8, 4) is 0 Å². The smallest absolute Gasteiger partial charge is 0.252 e. The first-order valence-corrected chi connectivity index (χ1v) is 8.65. The number of rotatable bonds is 4. The van der Waals surface area contributed by atoms with Crippen LogP contribution in [0.2, 0.25) is 0 Å². The summed E-state index contributed by atoms with van der Waals surface area (Å²) in [6.07, 6.45) is -0.887. The Morgan fingerprint density at radius 1 is 1.13 bits per heavy atom. The normalized spacial score (nSPS) is 12.6. The van der Waals surface area contributed by atoms with Gasteiger partial charge in [0.15, 0.2) is 0 Å². The molecule has 3 nitrogen and oxygen atoms in total. The second-order valence-electron chi connectivity index (χ2n) is 4.97. The molecule has 0 aliphatic rings. The van der Waals surface area contributed by atoms with Gasteiger partial charge < -0.3 is 10.6 Å². The molecule has 2 aromatic carbocycles. The number of anilines is 1. The van der Waals surface area contributed by atoms with Gasteiger partial charge in [0, 0.05) is 15.7 Å². The van der Waals surface area contributed by atoms with Gasteiger partial charge in [0.1, 0.15) is 6.17 Å². The number of amides is 1. The summed E-state index contributed by atoms with van der Waals surface area (Å²) in [6, 6.07) is 14.5. The summed E-state index contributed by atoms with van der Waals surface area (Å²) in [5.41, 5.74) is 2.19. The van der Waals surface area contributed by atoms with Crippen molar-refractivity contribution in [3.05, 3.63) is 64.1 Å². The van der Waals surface area contributed by atoms with Gasteiger partial charge in [-0.25, -0.2) is 0 Å². The van der Waals surface area contributed by atoms with Crippen LogP contribution in [0.3, 0.4) is 0 Å². The van der Waals surface area contributed by atoms with Gasteiger partial charge in [0.05, 0.1) is 0 Å². The first kappa shape index (κ1) is 18.4. The van der Waals surface area contributed by atoms with Crippen molar-refractivity contribution >= 4 is 62.3 Å². The molecule has 7 heteroatoms. The van der Waals surface area contributed by atoms with E-state index in [-0.39, 0.29) is 5.91 Å². The number of carbonyl (C=O) groups excluding carboxylic acids is 1. The first-order chi connectivity index (χ1) is 10.8. The second-order valence-corrected chi connectivity index (χ2v) is 8.25. The van der Waals surface area contributed by atoms with E-state index in [2.05, 4.69) is 26.6 Å². The van der Waals surface area contributed by atoms with Crippen LogP contribution in [0.15, 0.2) is 53.0 Å². The minimum Gasteiger partial charge on any atom is -0.362 e. The monoisotopic (exact) mass is 434 g/mol. The van der Waals surface area contributed by atoms with Crippen LogP contribution >= 0.6 is 50.7 Å². The number of carbonyl (C=O) groups is 1. The van der Waals surface area contributed by atoms with E-state index < -0.39 is 9.96 Å². The first-order valence-electron chi connectivity index (χ1n) is 6.72. The third kappa shape index (κ3) is 5.57. The summed E-state index contributed by atoms with van der Waals surface area (Å²) in [5.74, 6) is -0.324. The highest BCUT2D eigenvalue weighted by atomic mass is 79.9. The summed E-state index contributed by atoms with van der Waals surface area (Å²) < 4.78 is -0.788. The molecule has 0 radical (unpaired) electrons. The number of halogens is 4. The Balaban J connectivity index is 2.16. The number of aryl methyl sites for hydroxylation is 1. The molecule has 23 heavy (non-hydrogen) atoms. The van der Waals surface area contributed by atoms with Crippen molar-refractivity contribution in [1.82, 2.24) is 5.32 Å². The summed E-state index contributed by atoms with van der Waals surface area (Å²) in [6.45, 7) is 1.91. The maximum atomic E-state index is 12.4. The Kier molecular flexibility index (Phi) is 6.20. The van der Waals surface area contributed by atoms with Crippen molar-refractivity contribution in [2.45, 2.75) is 16.9 Å². The van der Waals surface area contributed by atoms with Gasteiger partial charge >= 0.3 is 0 Å². The Morgan fingerprint density at radius 2 is 1.78 bits per heavy atom. The van der Waals surface area contributed by atoms with Crippen LogP contribution in [0.5, 0.6) is 0 Å². The van der Waals surface area contributed by atoms with Gasteiger partial charge in [-0.3, -0.25) is 4.79 Å². The van der Waals surface area contributed by atoms with Crippen LogP contribution in [-0.2, 0) is 0 Å². The molecule has 0 spiro atoms. The fourth-order valence-corrected chi connectivity index (χ4v) is 2.50. The van der Waals surface area contributed by atoms with Gasteiger partial charge in [0.2, 0.25) is 3.79 Å². The number of alkyl halides is 3. The number of benzene rings is 2. The van der Waals surface area contributed by atoms with E-state index in [1.54, 1.807) is 18.2 Å². The zero-order valence-electron chi connectivity index (χ0n) is 12.1. The molecule has 0 aliphatic carbocycles. The number of hydrogen-bond donors (Lipinski definition) is 2. The van der Waals surface area contributed by atoms with E-state index in [0.29, 0.717) is 11.3 Å². The van der Waals surface area contributed by atoms with Crippen LogP contribution in [0.4, 0.5) is 5.69 Å². The van der Waals surface area contributed by atoms with Crippen LogP contribution in [0.25, 0.3) is 0 Å². The fraction of sp³-hybridized carbons (Fsp3) is 0.188. The highest BCUT2D eigenvalue weighted by molar-refractivity contribution is 9.10. The molecule has 0 saturated carbocycles. The topological polar surface area (TPSA) is 41.1 Å². The quantitative estimate of drug-likeness (QED) is 0.505. The van der Waals surface area contributed by atoms with Crippen molar-refractivity contribution in [1.29, 1.82) is 0 Å². The van der Waals surface area contributed by atoms with Crippen molar-refractivity contribution < 1.29 is 4.79 Å². The second kappa shape index (κ2) is 7.75. The van der Waals surface area contributed by atoms with E-state index in [0.717, 1.165) is 10.0 Å². The van der Waals surface area contributed by atoms with Gasteiger partial charge in [-0.15, -0.1) is 0 Å². The average molecular weight is 437 g/mol. The van der Waals surface area contributed by atoms with Crippen LogP contribution in [0, 0.1) is 6.92 Å². The maximum Gasteiger partial charge on any atom is 0.252 e. The van der Waals surface area contributed by atoms with Crippen LogP contribution in [-0.4, -0.2) is 15.9 Å². The van der Waals surface area contributed by atoms with E-state index >= 15 is 0 Å². The van der Waals surface area contributed by atoms with E-state index in [9.17, 15) is 4.79 Å². The highest BCUT2D eigenvalue weighted by Crippen LogP contribution is 2.31. The minimum absolute atomic E-state index is 0.324. The summed E-state index contributed by atoms with van der Waals surface area (Å²) >= 11 is 21.3. The molecule has 0 aromatic heterocycles. The van der Waals surface area contributed by atoms with Gasteiger partial charge in [-0.05, 0) is 43.3 Å². The summed E-state index contributed by atoms with van der Waals surface area (Å²) in [5, 5.41) is 5.72. The Bertz CT molecular complexity index is 686. The fourth-order valence-electron chi connectivity index (χ4n) is 1.91. The van der Waals surface area contributed by atoms with E-state index in [4.69, 9.17) is 34.8 Å². The van der Waals surface area contributed by atoms with Gasteiger partial charge in [-0.2, -0.15) is 0 Å². The zero-order valence-corrected chi connectivity index (χ0v) is 16.0. The molecule has 0 bridgehead atoms. The molecular formula is C16H14BrCl3N2O. The minimum atomic E-state index is -1.72. The predicted octanol–water partition coefficient (Wildman–Crippen LogP) is 5.30. The molecule has 0 unspecified atom stereocenters. The lowest BCUT2D eigenvalue weighted by Crippen LogP contribution is -2.49. The molecule has 0 saturated heterocycles. The summed E-state index contributed by atoms with van der Waals surface area (Å²) in [7, 11) is 0. The number of hydrogen-bond acceptors (Lipinski definition) is 2. The lowest BCUT2D eigenvalue weighted by Gasteiger charge is -2.27. The van der Waals surface area contributed by atoms with Crippen molar-refractivity contribution in [2.24, 2.45) is 0 Å². The third-order valence-electron chi connectivity index (χ3n) is 3.04. The molecule has 1 amide bonds. The average Bonchev–Trinajstić information content (AvgIpc) is 2.47. The molecule has 2 rings (SSSR count). The SMILES string of the molecule is Cc1cccc(C(=O)N[C@@H](Nc2ccc(Br)cc2)C(Cl)(Cl)Cl)c1. The zero-order chi connectivity index (χ0) is 17.0. The molecule has 0 aliphatic heterocycles. The molecule has 1 atom stereocenters. The Hall–Kier alpha value is -0.940. The largest absolute Gasteiger partial charge is 0.362 e. The van der Waals surface area contributed by atoms with Crippen LogP contribution in [0.1, 0.15) is 15.9 Å². The molecule has 0 fully saturated rings. The van der Waals surface area contributed by atoms with Crippen LogP contribution < -0.4 is 10.6 Å². The molecule has 122 valence electrons. The molecule has 2 aromatic rings. The standard InChI is InChI=1S/C16H14BrCl3N2O/c1-10-3-2-4-11(9-10)14(23)22-15(16(18,19)20)21-13-7-5-12(17)6-8-13/h2-9,15,21H,1H3,(H,22,23)/t15-/m1/s1. The Labute approximate surface area is 158 Å². The van der Waals surface area contributed by atoms with E-state index in [1.807, 2.05) is 37.3 Å². The maximum absolute atomic E-state index is 12.4. The van der Waals surface area contributed by atoms with Gasteiger partial charge in [-0.1, -0.05) is 68.4 Å². The predicted molar refractivity (Wildman–Crippen MR) is 100 cm³/mol. The molecule has 2 N–H and O–H groups in total. The van der Waals surface area contributed by atoms with Gasteiger partial charge in [0.25, 0.3) is 5.91 Å². The lowest BCUT2D eigenvalue weighted by atomic mass is 10.1. The summed E-state index contributed by atoms with van der Waals surface area (Å²) in [4.78, 5) is 12.4. The Morgan fingerprint density at radius 3 is 2.35 bits per heavy atom. The van der Waals surface area contributed by atoms with Crippen molar-refractivity contribution in [3.63, 3.8) is 0 Å². The van der Waals surface area contributed by atoms with E-state index in [1.165, 1.54) is 0 Å². The third-order valence-corrected chi connectivity index (χ3v) is 4.22. The van der Waals surface area contributed by atoms with Crippen molar-refractivity contribution in [2.75, 3.05) is 5.32 Å².